The van der Waals surface area contributed by atoms with E-state index >= 15 is 0 Å². The third-order valence-corrected chi connectivity index (χ3v) is 3.80. The summed E-state index contributed by atoms with van der Waals surface area (Å²) in [6.45, 7) is 4.80. The monoisotopic (exact) mass is 239 g/mol. The van der Waals surface area contributed by atoms with Crippen LogP contribution < -0.4 is 0 Å². The minimum absolute atomic E-state index is 0.702. The molecule has 1 fully saturated rings. The van der Waals surface area contributed by atoms with Crippen molar-refractivity contribution in [3.8, 4) is 0 Å². The van der Waals surface area contributed by atoms with Gasteiger partial charge in [-0.1, -0.05) is 12.2 Å². The van der Waals surface area contributed by atoms with Gasteiger partial charge in [-0.05, 0) is 38.1 Å². The second-order valence-electron chi connectivity index (χ2n) is 5.14. The summed E-state index contributed by atoms with van der Waals surface area (Å²) >= 11 is 0. The van der Waals surface area contributed by atoms with Gasteiger partial charge < -0.3 is 9.47 Å². The Balaban J connectivity index is 1.64. The summed E-state index contributed by atoms with van der Waals surface area (Å²) in [6, 6.07) is 0.702. The van der Waals surface area contributed by atoms with Crippen molar-refractivity contribution in [1.29, 1.82) is 0 Å². The lowest BCUT2D eigenvalue weighted by atomic mass is 10.0. The molecule has 0 amide bonds. The number of hydrogen-bond acceptors (Lipinski definition) is 3. The summed E-state index contributed by atoms with van der Waals surface area (Å²) in [5.41, 5.74) is 0. The number of methoxy groups -OCH3 is 1. The number of likely N-dealkylation sites (tertiary alicyclic amines) is 1. The Morgan fingerprint density at radius 1 is 1.29 bits per heavy atom. The minimum atomic E-state index is 0.702. The molecule has 1 heterocycles. The van der Waals surface area contributed by atoms with Crippen LogP contribution >= 0.6 is 0 Å². The molecule has 0 aromatic rings. The van der Waals surface area contributed by atoms with Gasteiger partial charge >= 0.3 is 0 Å². The standard InChI is InChI=1S/C14H25NO2/c1-16-9-10-17-12-13-7-8-15(11-13)14-5-3-2-4-6-14/h3,5,13-14H,2,4,6-12H2,1H3/t13-,14-/m0/s1. The van der Waals surface area contributed by atoms with Gasteiger partial charge in [0.2, 0.25) is 0 Å². The average molecular weight is 239 g/mol. The second kappa shape index (κ2) is 7.14. The van der Waals surface area contributed by atoms with Gasteiger partial charge in [0.25, 0.3) is 0 Å². The highest BCUT2D eigenvalue weighted by Crippen LogP contribution is 2.24. The van der Waals surface area contributed by atoms with Crippen molar-refractivity contribution in [3.63, 3.8) is 0 Å². The van der Waals surface area contributed by atoms with Crippen LogP contribution in [0.15, 0.2) is 12.2 Å². The highest BCUT2D eigenvalue weighted by molar-refractivity contribution is 5.00. The van der Waals surface area contributed by atoms with E-state index in [4.69, 9.17) is 9.47 Å². The molecule has 2 atom stereocenters. The summed E-state index contributed by atoms with van der Waals surface area (Å²) in [6.07, 6.45) is 10.00. The molecule has 3 nitrogen and oxygen atoms in total. The van der Waals surface area contributed by atoms with Crippen molar-refractivity contribution >= 4 is 0 Å². The lowest BCUT2D eigenvalue weighted by Crippen LogP contribution is -2.33. The molecule has 0 saturated carbocycles. The maximum Gasteiger partial charge on any atom is 0.0700 e. The fraction of sp³-hybridized carbons (Fsp3) is 0.857. The molecule has 17 heavy (non-hydrogen) atoms. The summed E-state index contributed by atoms with van der Waals surface area (Å²) in [7, 11) is 1.72. The van der Waals surface area contributed by atoms with Crippen LogP contribution in [0.25, 0.3) is 0 Å². The van der Waals surface area contributed by atoms with Gasteiger partial charge in [-0.3, -0.25) is 4.90 Å². The van der Waals surface area contributed by atoms with Gasteiger partial charge in [0.1, 0.15) is 0 Å². The molecule has 1 aliphatic heterocycles. The van der Waals surface area contributed by atoms with E-state index in [0.717, 1.165) is 19.1 Å². The molecule has 0 spiro atoms. The highest BCUT2D eigenvalue weighted by Gasteiger charge is 2.27. The molecule has 1 saturated heterocycles. The van der Waals surface area contributed by atoms with Crippen LogP contribution in [0.4, 0.5) is 0 Å². The topological polar surface area (TPSA) is 21.7 Å². The Bertz CT molecular complexity index is 242. The van der Waals surface area contributed by atoms with Crippen molar-refractivity contribution in [3.05, 3.63) is 12.2 Å². The molecule has 1 aliphatic carbocycles. The molecule has 98 valence electrons. The zero-order valence-electron chi connectivity index (χ0n) is 10.9. The average Bonchev–Trinajstić information content (AvgIpc) is 2.85. The number of rotatable bonds is 6. The number of nitrogens with zero attached hydrogens (tertiary/aromatic N) is 1. The Kier molecular flexibility index (Phi) is 5.49. The van der Waals surface area contributed by atoms with Crippen molar-refractivity contribution in [2.45, 2.75) is 31.7 Å². The zero-order chi connectivity index (χ0) is 11.9. The molecule has 0 radical (unpaired) electrons. The van der Waals surface area contributed by atoms with Gasteiger partial charge in [-0.15, -0.1) is 0 Å². The van der Waals surface area contributed by atoms with E-state index in [1.165, 1.54) is 38.8 Å². The first-order valence-corrected chi connectivity index (χ1v) is 6.87. The lowest BCUT2D eigenvalue weighted by Gasteiger charge is -2.27. The van der Waals surface area contributed by atoms with Crippen molar-refractivity contribution in [2.24, 2.45) is 5.92 Å². The van der Waals surface area contributed by atoms with E-state index in [-0.39, 0.29) is 0 Å². The Morgan fingerprint density at radius 2 is 2.24 bits per heavy atom. The molecule has 2 aliphatic rings. The Hall–Kier alpha value is -0.380. The molecule has 0 aromatic carbocycles. The van der Waals surface area contributed by atoms with E-state index in [9.17, 15) is 0 Å². The van der Waals surface area contributed by atoms with Crippen LogP contribution in [0.5, 0.6) is 0 Å². The molecule has 0 bridgehead atoms. The number of ether oxygens (including phenoxy) is 2. The largest absolute Gasteiger partial charge is 0.382 e. The normalized spacial score (nSPS) is 29.9. The van der Waals surface area contributed by atoms with Crippen LogP contribution in [0, 0.1) is 5.92 Å². The molecule has 0 aromatic heterocycles. The van der Waals surface area contributed by atoms with Crippen LogP contribution in [0.3, 0.4) is 0 Å². The first-order chi connectivity index (χ1) is 8.40. The Morgan fingerprint density at radius 3 is 3.00 bits per heavy atom. The summed E-state index contributed by atoms with van der Waals surface area (Å²) in [5.74, 6) is 0.724. The number of hydrogen-bond donors (Lipinski definition) is 0. The second-order valence-corrected chi connectivity index (χ2v) is 5.14. The van der Waals surface area contributed by atoms with E-state index in [1.54, 1.807) is 7.11 Å². The molecule has 2 rings (SSSR count). The third kappa shape index (κ3) is 4.09. The van der Waals surface area contributed by atoms with Crippen LogP contribution in [0.2, 0.25) is 0 Å². The predicted octanol–water partition coefficient (Wildman–Crippen LogP) is 2.08. The fourth-order valence-electron chi connectivity index (χ4n) is 2.79. The summed E-state index contributed by atoms with van der Waals surface area (Å²) < 4.78 is 10.6. The van der Waals surface area contributed by atoms with Gasteiger partial charge in [-0.25, -0.2) is 0 Å². The fourth-order valence-corrected chi connectivity index (χ4v) is 2.79. The van der Waals surface area contributed by atoms with E-state index in [1.807, 2.05) is 0 Å². The Labute approximate surface area is 105 Å². The van der Waals surface area contributed by atoms with Gasteiger partial charge in [0, 0.05) is 19.7 Å². The quantitative estimate of drug-likeness (QED) is 0.523. The van der Waals surface area contributed by atoms with Gasteiger partial charge in [-0.2, -0.15) is 0 Å². The van der Waals surface area contributed by atoms with Gasteiger partial charge in [0.05, 0.1) is 19.8 Å². The maximum atomic E-state index is 5.62. The first-order valence-electron chi connectivity index (χ1n) is 6.87. The smallest absolute Gasteiger partial charge is 0.0700 e. The zero-order valence-corrected chi connectivity index (χ0v) is 10.9. The summed E-state index contributed by atoms with van der Waals surface area (Å²) in [5, 5.41) is 0. The SMILES string of the molecule is COCCOC[C@H]1CCN([C@H]2C=CCCC2)C1. The molecular weight excluding hydrogens is 214 g/mol. The van der Waals surface area contributed by atoms with Crippen LogP contribution in [0.1, 0.15) is 25.7 Å². The van der Waals surface area contributed by atoms with Crippen molar-refractivity contribution in [2.75, 3.05) is 40.0 Å². The molecule has 0 N–H and O–H groups in total. The maximum absolute atomic E-state index is 5.62. The first kappa shape index (κ1) is 13.1. The van der Waals surface area contributed by atoms with Gasteiger partial charge in [0.15, 0.2) is 0 Å². The number of allylic oxidation sites excluding steroid dienone is 1. The highest BCUT2D eigenvalue weighted by atomic mass is 16.5. The van der Waals surface area contributed by atoms with Crippen molar-refractivity contribution in [1.82, 2.24) is 4.90 Å². The van der Waals surface area contributed by atoms with Crippen molar-refractivity contribution < 1.29 is 9.47 Å². The van der Waals surface area contributed by atoms with E-state index in [2.05, 4.69) is 17.1 Å². The van der Waals surface area contributed by atoms with Crippen LogP contribution in [-0.4, -0.2) is 51.0 Å². The molecule has 3 heteroatoms. The summed E-state index contributed by atoms with van der Waals surface area (Å²) in [4.78, 5) is 2.63. The molecule has 0 unspecified atom stereocenters. The molecular formula is C14H25NO2. The van der Waals surface area contributed by atoms with Crippen LogP contribution in [-0.2, 0) is 9.47 Å². The lowest BCUT2D eigenvalue weighted by molar-refractivity contribution is 0.0520. The predicted molar refractivity (Wildman–Crippen MR) is 69.2 cm³/mol. The van der Waals surface area contributed by atoms with E-state index in [0.29, 0.717) is 12.6 Å². The minimum Gasteiger partial charge on any atom is -0.382 e. The third-order valence-electron chi connectivity index (χ3n) is 3.80. The van der Waals surface area contributed by atoms with E-state index < -0.39 is 0 Å².